The summed E-state index contributed by atoms with van der Waals surface area (Å²) in [5.74, 6) is 7.52. The van der Waals surface area contributed by atoms with Gasteiger partial charge in [-0.2, -0.15) is 0 Å². The third kappa shape index (κ3) is 3.85. The summed E-state index contributed by atoms with van der Waals surface area (Å²) < 4.78 is 7.81. The number of hydrogen-bond acceptors (Lipinski definition) is 4. The topological polar surface area (TPSA) is 46.7 Å². The zero-order valence-corrected chi connectivity index (χ0v) is 18.0. The third-order valence-electron chi connectivity index (χ3n) is 5.93. The molecule has 1 aromatic heterocycles. The molecule has 29 heavy (non-hydrogen) atoms. The van der Waals surface area contributed by atoms with E-state index in [1.807, 2.05) is 4.68 Å². The molecule has 1 atom stereocenters. The van der Waals surface area contributed by atoms with Crippen LogP contribution in [0.4, 0.5) is 0 Å². The second-order valence-electron chi connectivity index (χ2n) is 8.46. The maximum atomic E-state index is 6.60. The Morgan fingerprint density at radius 3 is 2.62 bits per heavy atom. The highest BCUT2D eigenvalue weighted by molar-refractivity contribution is 5.87. The molecule has 0 aliphatic carbocycles. The molecule has 0 saturated heterocycles. The van der Waals surface area contributed by atoms with E-state index in [0.717, 1.165) is 43.8 Å². The summed E-state index contributed by atoms with van der Waals surface area (Å²) in [6, 6.07) is 15.2. The molecule has 2 heterocycles. The molecule has 0 bridgehead atoms. The van der Waals surface area contributed by atoms with E-state index >= 15 is 0 Å². The molecule has 0 amide bonds. The Morgan fingerprint density at radius 2 is 1.90 bits per heavy atom. The van der Waals surface area contributed by atoms with Crippen molar-refractivity contribution >= 4 is 10.9 Å². The summed E-state index contributed by atoms with van der Waals surface area (Å²) >= 11 is 0. The van der Waals surface area contributed by atoms with Crippen LogP contribution in [0.25, 0.3) is 10.9 Å². The van der Waals surface area contributed by atoms with Crippen LogP contribution in [-0.4, -0.2) is 55.3 Å². The summed E-state index contributed by atoms with van der Waals surface area (Å²) in [6.45, 7) is 4.94. The first-order chi connectivity index (χ1) is 14.0. The van der Waals surface area contributed by atoms with Gasteiger partial charge in [-0.15, -0.1) is 0 Å². The maximum absolute atomic E-state index is 6.60. The van der Waals surface area contributed by atoms with E-state index in [-0.39, 0.29) is 6.04 Å². The lowest BCUT2D eigenvalue weighted by molar-refractivity contribution is 0.257. The van der Waals surface area contributed by atoms with Crippen molar-refractivity contribution in [3.05, 3.63) is 64.8 Å². The van der Waals surface area contributed by atoms with Crippen molar-refractivity contribution in [2.75, 3.05) is 46.7 Å². The fourth-order valence-corrected chi connectivity index (χ4v) is 4.43. The highest BCUT2D eigenvalue weighted by atomic mass is 16.5. The van der Waals surface area contributed by atoms with Gasteiger partial charge in [-0.1, -0.05) is 23.8 Å². The Hall–Kier alpha value is -2.50. The highest BCUT2D eigenvalue weighted by Crippen LogP contribution is 2.39. The quantitative estimate of drug-likeness (QED) is 0.515. The molecule has 1 aliphatic rings. The van der Waals surface area contributed by atoms with Crippen LogP contribution in [0.1, 0.15) is 34.8 Å². The number of benzene rings is 2. The van der Waals surface area contributed by atoms with E-state index in [9.17, 15) is 0 Å². The first kappa shape index (κ1) is 19.8. The summed E-state index contributed by atoms with van der Waals surface area (Å²) in [7, 11) is 6.35. The molecule has 4 rings (SSSR count). The summed E-state index contributed by atoms with van der Waals surface area (Å²) in [4.78, 5) is 4.57. The van der Waals surface area contributed by atoms with E-state index in [0.29, 0.717) is 0 Å². The van der Waals surface area contributed by atoms with Crippen LogP contribution in [0.2, 0.25) is 0 Å². The van der Waals surface area contributed by atoms with E-state index in [4.69, 9.17) is 10.6 Å². The van der Waals surface area contributed by atoms with Gasteiger partial charge in [-0.05, 0) is 76.3 Å². The largest absolute Gasteiger partial charge is 0.494 e. The molecular formula is C24H32N4O. The average Bonchev–Trinajstić information content (AvgIpc) is 2.97. The fraction of sp³-hybridized carbons (Fsp3) is 0.417. The van der Waals surface area contributed by atoms with Crippen LogP contribution in [0, 0.1) is 6.92 Å². The molecule has 2 aromatic carbocycles. The van der Waals surface area contributed by atoms with Crippen molar-refractivity contribution in [2.45, 2.75) is 25.8 Å². The Bertz CT molecular complexity index is 990. The number of rotatable bonds is 6. The molecule has 1 aliphatic heterocycles. The normalized spacial score (nSPS) is 17.1. The number of nitrogen functional groups attached to an aromatic ring is 1. The van der Waals surface area contributed by atoms with Crippen LogP contribution in [0.3, 0.4) is 0 Å². The van der Waals surface area contributed by atoms with Gasteiger partial charge in [-0.25, -0.2) is 0 Å². The minimum absolute atomic E-state index is 0.152. The molecule has 3 aromatic rings. The molecule has 0 radical (unpaired) electrons. The number of aromatic nitrogens is 1. The average molecular weight is 393 g/mol. The zero-order chi connectivity index (χ0) is 20.5. The molecule has 2 N–H and O–H groups in total. The number of nitrogens with two attached hydrogens (primary N) is 1. The van der Waals surface area contributed by atoms with Gasteiger partial charge in [0.1, 0.15) is 5.75 Å². The number of nitrogens with zero attached hydrogens (tertiary/aromatic N) is 3. The van der Waals surface area contributed by atoms with Crippen molar-refractivity contribution < 1.29 is 4.74 Å². The van der Waals surface area contributed by atoms with Gasteiger partial charge < -0.3 is 15.5 Å². The molecule has 0 saturated carbocycles. The van der Waals surface area contributed by atoms with Crippen molar-refractivity contribution in [1.29, 1.82) is 0 Å². The lowest BCUT2D eigenvalue weighted by Crippen LogP contribution is -2.35. The van der Waals surface area contributed by atoms with Crippen LogP contribution in [-0.2, 0) is 6.42 Å². The van der Waals surface area contributed by atoms with Gasteiger partial charge in [0.05, 0.1) is 23.9 Å². The monoisotopic (exact) mass is 392 g/mol. The number of fused-ring (bicyclic) bond motifs is 3. The minimum Gasteiger partial charge on any atom is -0.494 e. The number of ether oxygens (including phenoxy) is 1. The summed E-state index contributed by atoms with van der Waals surface area (Å²) in [6.07, 6.45) is 2.05. The fourth-order valence-electron chi connectivity index (χ4n) is 4.43. The maximum Gasteiger partial charge on any atom is 0.119 e. The SMILES string of the molecule is Cc1ccc2c(c1)c1c(n2N)C(c2ccc(OCCCN(C)C)cc2)N(C)CC1. The van der Waals surface area contributed by atoms with Gasteiger partial charge in [0, 0.05) is 18.5 Å². The van der Waals surface area contributed by atoms with Gasteiger partial charge in [-0.3, -0.25) is 9.58 Å². The Morgan fingerprint density at radius 1 is 1.14 bits per heavy atom. The van der Waals surface area contributed by atoms with E-state index < -0.39 is 0 Å². The van der Waals surface area contributed by atoms with Crippen molar-refractivity contribution in [3.8, 4) is 5.75 Å². The standard InChI is InChI=1S/C24H32N4O/c1-17-6-11-22-21(16-17)20-12-14-27(4)23(24(20)28(22)25)18-7-9-19(10-8-18)29-15-5-13-26(2)3/h6-11,16,23H,5,12-15,25H2,1-4H3. The molecule has 5 nitrogen and oxygen atoms in total. The smallest absolute Gasteiger partial charge is 0.119 e. The van der Waals surface area contributed by atoms with Crippen LogP contribution < -0.4 is 10.6 Å². The number of hydrogen-bond donors (Lipinski definition) is 1. The molecule has 154 valence electrons. The lowest BCUT2D eigenvalue weighted by atomic mass is 9.92. The van der Waals surface area contributed by atoms with Gasteiger partial charge in [0.2, 0.25) is 0 Å². The van der Waals surface area contributed by atoms with Crippen LogP contribution in [0.5, 0.6) is 5.75 Å². The second-order valence-corrected chi connectivity index (χ2v) is 8.46. The highest BCUT2D eigenvalue weighted by Gasteiger charge is 2.31. The lowest BCUT2D eigenvalue weighted by Gasteiger charge is -2.34. The van der Waals surface area contributed by atoms with E-state index in [1.54, 1.807) is 0 Å². The Kier molecular flexibility index (Phi) is 5.52. The summed E-state index contributed by atoms with van der Waals surface area (Å²) in [5.41, 5.74) is 6.23. The predicted molar refractivity (Wildman–Crippen MR) is 120 cm³/mol. The number of likely N-dealkylation sites (N-methyl/N-ethyl adjacent to an activating group) is 1. The van der Waals surface area contributed by atoms with Crippen LogP contribution in [0.15, 0.2) is 42.5 Å². The van der Waals surface area contributed by atoms with Gasteiger partial charge >= 0.3 is 0 Å². The van der Waals surface area contributed by atoms with Crippen molar-refractivity contribution in [3.63, 3.8) is 0 Å². The Balaban J connectivity index is 1.62. The molecule has 5 heteroatoms. The zero-order valence-electron chi connectivity index (χ0n) is 18.0. The second kappa shape index (κ2) is 8.09. The first-order valence-electron chi connectivity index (χ1n) is 10.4. The van der Waals surface area contributed by atoms with Gasteiger partial charge in [0.25, 0.3) is 0 Å². The third-order valence-corrected chi connectivity index (χ3v) is 5.93. The van der Waals surface area contributed by atoms with Crippen LogP contribution >= 0.6 is 0 Å². The first-order valence-corrected chi connectivity index (χ1v) is 10.4. The molecule has 0 fully saturated rings. The predicted octanol–water partition coefficient (Wildman–Crippen LogP) is 3.57. The molecule has 0 spiro atoms. The molecular weight excluding hydrogens is 360 g/mol. The Labute approximate surface area is 173 Å². The summed E-state index contributed by atoms with van der Waals surface area (Å²) in [5, 5.41) is 1.29. The van der Waals surface area contributed by atoms with E-state index in [1.165, 1.54) is 27.8 Å². The van der Waals surface area contributed by atoms with Gasteiger partial charge in [0.15, 0.2) is 0 Å². The van der Waals surface area contributed by atoms with E-state index in [2.05, 4.69) is 80.3 Å². The molecule has 1 unspecified atom stereocenters. The van der Waals surface area contributed by atoms with Crippen molar-refractivity contribution in [1.82, 2.24) is 14.5 Å². The number of aryl methyl sites for hydroxylation is 1. The van der Waals surface area contributed by atoms with Crippen molar-refractivity contribution in [2.24, 2.45) is 0 Å². The minimum atomic E-state index is 0.152.